The number of carbonyl (C=O) groups excluding carboxylic acids is 1. The lowest BCUT2D eigenvalue weighted by molar-refractivity contribution is -0.121. The number of thioether (sulfide) groups is 1. The fraction of sp³-hybridized carbons (Fsp3) is 0.462. The Labute approximate surface area is 116 Å². The largest absolute Gasteiger partial charge is 0.351 e. The molecule has 1 atom stereocenters. The van der Waals surface area contributed by atoms with Crippen molar-refractivity contribution in [1.82, 2.24) is 19.9 Å². The molecule has 0 fully saturated rings. The number of nitrogens with zero attached hydrogens (tertiary/aromatic N) is 3. The predicted octanol–water partition coefficient (Wildman–Crippen LogP) is 2.12. The average Bonchev–Trinajstić information content (AvgIpc) is 2.70. The summed E-state index contributed by atoms with van der Waals surface area (Å²) in [6.07, 6.45) is 1.89. The topological polar surface area (TPSA) is 59.3 Å². The minimum atomic E-state index is -0.223. The molecule has 2 rings (SSSR count). The number of rotatable bonds is 3. The lowest BCUT2D eigenvalue weighted by Crippen LogP contribution is -2.44. The molecule has 0 aliphatic carbocycles. The highest BCUT2D eigenvalue weighted by Gasteiger charge is 2.21. The van der Waals surface area contributed by atoms with Gasteiger partial charge in [-0.1, -0.05) is 17.8 Å². The second kappa shape index (κ2) is 5.21. The number of nitrogens with one attached hydrogen (secondary N) is 1. The Morgan fingerprint density at radius 2 is 2.11 bits per heavy atom. The smallest absolute Gasteiger partial charge is 0.233 e. The van der Waals surface area contributed by atoms with Gasteiger partial charge in [0.15, 0.2) is 10.8 Å². The third kappa shape index (κ3) is 3.47. The van der Waals surface area contributed by atoms with Crippen LogP contribution in [-0.2, 0) is 4.79 Å². The van der Waals surface area contributed by atoms with Crippen molar-refractivity contribution in [3.05, 3.63) is 24.4 Å². The van der Waals surface area contributed by atoms with Crippen LogP contribution in [0.4, 0.5) is 0 Å². The molecular formula is C13H18N4OS. The summed E-state index contributed by atoms with van der Waals surface area (Å²) in [4.78, 5) is 12.0. The summed E-state index contributed by atoms with van der Waals surface area (Å²) in [5, 5.41) is 11.7. The minimum absolute atomic E-state index is 0.00480. The fourth-order valence-corrected chi connectivity index (χ4v) is 2.42. The molecule has 0 aromatic carbocycles. The van der Waals surface area contributed by atoms with Crippen molar-refractivity contribution in [2.24, 2.45) is 0 Å². The van der Waals surface area contributed by atoms with Gasteiger partial charge in [0.2, 0.25) is 5.91 Å². The SMILES string of the molecule is C[C@H](Sc1nnc2ccccn12)C(=O)NC(C)(C)C. The highest BCUT2D eigenvalue weighted by Crippen LogP contribution is 2.22. The Morgan fingerprint density at radius 3 is 2.79 bits per heavy atom. The zero-order valence-electron chi connectivity index (χ0n) is 11.5. The molecule has 0 radical (unpaired) electrons. The number of fused-ring (bicyclic) bond motifs is 1. The summed E-state index contributed by atoms with van der Waals surface area (Å²) >= 11 is 1.41. The minimum Gasteiger partial charge on any atom is -0.351 e. The molecule has 5 nitrogen and oxygen atoms in total. The highest BCUT2D eigenvalue weighted by molar-refractivity contribution is 8.00. The van der Waals surface area contributed by atoms with Gasteiger partial charge in [-0.3, -0.25) is 9.20 Å². The monoisotopic (exact) mass is 278 g/mol. The summed E-state index contributed by atoms with van der Waals surface area (Å²) in [5.41, 5.74) is 0.562. The van der Waals surface area contributed by atoms with Crippen molar-refractivity contribution in [2.45, 2.75) is 43.6 Å². The molecule has 0 aliphatic rings. The normalized spacial score (nSPS) is 13.5. The number of hydrogen-bond donors (Lipinski definition) is 1. The Kier molecular flexibility index (Phi) is 3.80. The number of aromatic nitrogens is 3. The van der Waals surface area contributed by atoms with Gasteiger partial charge in [0.1, 0.15) is 0 Å². The van der Waals surface area contributed by atoms with E-state index in [1.54, 1.807) is 0 Å². The Balaban J connectivity index is 2.10. The maximum absolute atomic E-state index is 12.0. The maximum Gasteiger partial charge on any atom is 0.233 e. The van der Waals surface area contributed by atoms with E-state index < -0.39 is 0 Å². The van der Waals surface area contributed by atoms with E-state index in [4.69, 9.17) is 0 Å². The number of carbonyl (C=O) groups is 1. The quantitative estimate of drug-likeness (QED) is 0.874. The first-order chi connectivity index (χ1) is 8.87. The van der Waals surface area contributed by atoms with Crippen LogP contribution >= 0.6 is 11.8 Å². The van der Waals surface area contributed by atoms with Crippen molar-refractivity contribution in [2.75, 3.05) is 0 Å². The summed E-state index contributed by atoms with van der Waals surface area (Å²) in [5.74, 6) is 0.00480. The van der Waals surface area contributed by atoms with Crippen molar-refractivity contribution < 1.29 is 4.79 Å². The molecule has 102 valence electrons. The first kappa shape index (κ1) is 13.9. The van der Waals surface area contributed by atoms with Gasteiger partial charge in [0.05, 0.1) is 5.25 Å². The van der Waals surface area contributed by atoms with Crippen LogP contribution in [0.2, 0.25) is 0 Å². The molecule has 19 heavy (non-hydrogen) atoms. The van der Waals surface area contributed by atoms with Crippen LogP contribution in [0, 0.1) is 0 Å². The fourth-order valence-electron chi connectivity index (χ4n) is 1.58. The van der Waals surface area contributed by atoms with Crippen LogP contribution in [0.3, 0.4) is 0 Å². The molecule has 2 aromatic rings. The zero-order chi connectivity index (χ0) is 14.0. The predicted molar refractivity (Wildman–Crippen MR) is 76.2 cm³/mol. The molecule has 0 saturated carbocycles. The third-order valence-corrected chi connectivity index (χ3v) is 3.49. The first-order valence-corrected chi connectivity index (χ1v) is 7.03. The molecule has 0 aliphatic heterocycles. The summed E-state index contributed by atoms with van der Waals surface area (Å²) in [6.45, 7) is 7.77. The molecule has 2 aromatic heterocycles. The van der Waals surface area contributed by atoms with Crippen LogP contribution in [0.25, 0.3) is 5.65 Å². The average molecular weight is 278 g/mol. The molecule has 0 spiro atoms. The Morgan fingerprint density at radius 1 is 1.37 bits per heavy atom. The van der Waals surface area contributed by atoms with Gasteiger partial charge >= 0.3 is 0 Å². The van der Waals surface area contributed by atoms with E-state index in [1.807, 2.05) is 56.5 Å². The number of hydrogen-bond acceptors (Lipinski definition) is 4. The second-order valence-electron chi connectivity index (χ2n) is 5.41. The van der Waals surface area contributed by atoms with Crippen LogP contribution in [0.1, 0.15) is 27.7 Å². The van der Waals surface area contributed by atoms with E-state index in [1.165, 1.54) is 11.8 Å². The summed E-state index contributed by atoms with van der Waals surface area (Å²) < 4.78 is 1.88. The van der Waals surface area contributed by atoms with Gasteiger partial charge in [-0.15, -0.1) is 10.2 Å². The molecule has 1 N–H and O–H groups in total. The van der Waals surface area contributed by atoms with Crippen molar-refractivity contribution in [3.63, 3.8) is 0 Å². The molecule has 0 bridgehead atoms. The van der Waals surface area contributed by atoms with Gasteiger partial charge in [-0.2, -0.15) is 0 Å². The van der Waals surface area contributed by atoms with Crippen molar-refractivity contribution in [3.8, 4) is 0 Å². The van der Waals surface area contributed by atoms with Crippen LogP contribution in [-0.4, -0.2) is 31.3 Å². The molecule has 6 heteroatoms. The van der Waals surface area contributed by atoms with Gasteiger partial charge < -0.3 is 5.32 Å². The van der Waals surface area contributed by atoms with Gasteiger partial charge in [-0.05, 0) is 39.8 Å². The van der Waals surface area contributed by atoms with Crippen molar-refractivity contribution >= 4 is 23.3 Å². The molecular weight excluding hydrogens is 260 g/mol. The second-order valence-corrected chi connectivity index (χ2v) is 6.72. The zero-order valence-corrected chi connectivity index (χ0v) is 12.4. The van der Waals surface area contributed by atoms with Crippen LogP contribution in [0.5, 0.6) is 0 Å². The first-order valence-electron chi connectivity index (χ1n) is 6.15. The Bertz CT molecular complexity index is 588. The van der Waals surface area contributed by atoms with Gasteiger partial charge in [-0.25, -0.2) is 0 Å². The highest BCUT2D eigenvalue weighted by atomic mass is 32.2. The lowest BCUT2D eigenvalue weighted by Gasteiger charge is -2.22. The van der Waals surface area contributed by atoms with E-state index >= 15 is 0 Å². The maximum atomic E-state index is 12.0. The number of amides is 1. The van der Waals surface area contributed by atoms with Crippen LogP contribution in [0.15, 0.2) is 29.6 Å². The van der Waals surface area contributed by atoms with E-state index in [2.05, 4.69) is 15.5 Å². The van der Waals surface area contributed by atoms with E-state index in [-0.39, 0.29) is 16.7 Å². The van der Waals surface area contributed by atoms with E-state index in [9.17, 15) is 4.79 Å². The van der Waals surface area contributed by atoms with Crippen LogP contribution < -0.4 is 5.32 Å². The Hall–Kier alpha value is -1.56. The van der Waals surface area contributed by atoms with E-state index in [0.717, 1.165) is 10.8 Å². The summed E-state index contributed by atoms with van der Waals surface area (Å²) in [6, 6.07) is 5.71. The molecule has 0 saturated heterocycles. The molecule has 1 amide bonds. The van der Waals surface area contributed by atoms with Gasteiger partial charge in [0, 0.05) is 11.7 Å². The summed E-state index contributed by atoms with van der Waals surface area (Å²) in [7, 11) is 0. The van der Waals surface area contributed by atoms with Crippen molar-refractivity contribution in [1.29, 1.82) is 0 Å². The molecule has 0 unspecified atom stereocenters. The van der Waals surface area contributed by atoms with Gasteiger partial charge in [0.25, 0.3) is 0 Å². The number of pyridine rings is 1. The lowest BCUT2D eigenvalue weighted by atomic mass is 10.1. The molecule has 2 heterocycles. The standard InChI is InChI=1S/C13H18N4OS/c1-9(11(18)14-13(2,3)4)19-12-16-15-10-7-5-6-8-17(10)12/h5-9H,1-4H3,(H,14,18)/t9-/m0/s1. The third-order valence-electron chi connectivity index (χ3n) is 2.43. The van der Waals surface area contributed by atoms with E-state index in [0.29, 0.717) is 0 Å².